The van der Waals surface area contributed by atoms with Gasteiger partial charge in [-0.05, 0) is 54.8 Å². The van der Waals surface area contributed by atoms with Crippen LogP contribution in [0.1, 0.15) is 61.0 Å². The Hall–Kier alpha value is -3.34. The molecule has 0 saturated heterocycles. The third kappa shape index (κ3) is 8.64. The lowest BCUT2D eigenvalue weighted by atomic mass is 9.94. The number of fused-ring (bicyclic) bond motifs is 1. The van der Waals surface area contributed by atoms with Crippen molar-refractivity contribution in [3.8, 4) is 11.5 Å². The largest absolute Gasteiger partial charge is 0.454 e. The fourth-order valence-corrected chi connectivity index (χ4v) is 6.04. The summed E-state index contributed by atoms with van der Waals surface area (Å²) in [7, 11) is 6.61. The summed E-state index contributed by atoms with van der Waals surface area (Å²) in [6.07, 6.45) is 0.588. The van der Waals surface area contributed by atoms with E-state index in [1.54, 1.807) is 28.2 Å². The molecule has 44 heavy (non-hydrogen) atoms. The number of likely N-dealkylation sites (N-methyl/N-ethyl adjacent to an activating group) is 4. The first kappa shape index (κ1) is 36.8. The van der Waals surface area contributed by atoms with Crippen molar-refractivity contribution in [2.24, 2.45) is 23.7 Å². The van der Waals surface area contributed by atoms with Crippen LogP contribution in [-0.2, 0) is 25.6 Å². The summed E-state index contributed by atoms with van der Waals surface area (Å²) in [6.45, 7) is 15.8. The molecule has 1 aliphatic rings. The molecule has 0 fully saturated rings. The number of ether oxygens (including phenoxy) is 2. The first-order valence-corrected chi connectivity index (χ1v) is 15.7. The van der Waals surface area contributed by atoms with Gasteiger partial charge in [0.05, 0.1) is 6.04 Å². The van der Waals surface area contributed by atoms with E-state index < -0.39 is 24.2 Å². The molecule has 0 saturated carbocycles. The van der Waals surface area contributed by atoms with Gasteiger partial charge in [0.25, 0.3) is 0 Å². The third-order valence-corrected chi connectivity index (χ3v) is 8.36. The van der Waals surface area contributed by atoms with Gasteiger partial charge in [0.15, 0.2) is 11.5 Å². The van der Waals surface area contributed by atoms with E-state index in [4.69, 9.17) is 9.47 Å². The third-order valence-electron chi connectivity index (χ3n) is 8.36. The zero-order valence-electron chi connectivity index (χ0n) is 28.8. The van der Waals surface area contributed by atoms with Crippen LogP contribution in [0.2, 0.25) is 0 Å². The van der Waals surface area contributed by atoms with E-state index in [0.29, 0.717) is 24.5 Å². The van der Waals surface area contributed by atoms with Crippen molar-refractivity contribution in [2.75, 3.05) is 41.5 Å². The molecule has 1 heterocycles. The minimum absolute atomic E-state index is 0.0327. The number of carbonyl (C=O) groups is 4. The van der Waals surface area contributed by atoms with E-state index in [1.165, 1.54) is 14.7 Å². The van der Waals surface area contributed by atoms with E-state index in [1.807, 2.05) is 73.6 Å². The molecule has 2 N–H and O–H groups in total. The second kappa shape index (κ2) is 16.1. The van der Waals surface area contributed by atoms with Crippen LogP contribution >= 0.6 is 0 Å². The molecule has 0 unspecified atom stereocenters. The van der Waals surface area contributed by atoms with Crippen LogP contribution in [0, 0.1) is 23.7 Å². The maximum absolute atomic E-state index is 14.1. The predicted octanol–water partition coefficient (Wildman–Crippen LogP) is 2.77. The van der Waals surface area contributed by atoms with Crippen molar-refractivity contribution in [1.82, 2.24) is 25.3 Å². The van der Waals surface area contributed by atoms with Gasteiger partial charge in [-0.15, -0.1) is 0 Å². The topological polar surface area (TPSA) is 121 Å². The van der Waals surface area contributed by atoms with Crippen LogP contribution in [0.4, 0.5) is 0 Å². The van der Waals surface area contributed by atoms with Crippen molar-refractivity contribution in [1.29, 1.82) is 0 Å². The fraction of sp³-hybridized carbons (Fsp3) is 0.697. The van der Waals surface area contributed by atoms with Crippen molar-refractivity contribution in [3.05, 3.63) is 23.8 Å². The number of nitrogens with zero attached hydrogens (tertiary/aromatic N) is 3. The molecule has 248 valence electrons. The Morgan fingerprint density at radius 1 is 0.705 bits per heavy atom. The fourth-order valence-electron chi connectivity index (χ4n) is 6.04. The maximum Gasteiger partial charge on any atom is 0.246 e. The Morgan fingerprint density at radius 2 is 1.18 bits per heavy atom. The van der Waals surface area contributed by atoms with Gasteiger partial charge in [-0.3, -0.25) is 19.2 Å². The Labute approximate surface area is 264 Å². The molecule has 2 rings (SSSR count). The number of amides is 4. The summed E-state index contributed by atoms with van der Waals surface area (Å²) in [4.78, 5) is 59.3. The normalized spacial score (nSPS) is 15.3. The van der Waals surface area contributed by atoms with Gasteiger partial charge in [0.2, 0.25) is 30.4 Å². The van der Waals surface area contributed by atoms with Crippen LogP contribution in [0.25, 0.3) is 0 Å². The van der Waals surface area contributed by atoms with Crippen LogP contribution in [0.5, 0.6) is 11.5 Å². The first-order chi connectivity index (χ1) is 20.5. The summed E-state index contributed by atoms with van der Waals surface area (Å²) >= 11 is 0. The number of nitrogens with one attached hydrogen (secondary N) is 2. The molecular formula is C33H55N5O6. The molecular weight excluding hydrogens is 562 g/mol. The van der Waals surface area contributed by atoms with Crippen molar-refractivity contribution in [3.63, 3.8) is 0 Å². The summed E-state index contributed by atoms with van der Waals surface area (Å²) < 4.78 is 10.8. The van der Waals surface area contributed by atoms with Crippen LogP contribution < -0.4 is 20.1 Å². The lowest BCUT2D eigenvalue weighted by molar-refractivity contribution is -0.155. The van der Waals surface area contributed by atoms with Crippen LogP contribution in [-0.4, -0.2) is 104 Å². The average molecular weight is 618 g/mol. The average Bonchev–Trinajstić information content (AvgIpc) is 3.40. The Bertz CT molecular complexity index is 1150. The molecule has 4 amide bonds. The van der Waals surface area contributed by atoms with E-state index in [0.717, 1.165) is 5.56 Å². The molecule has 11 nitrogen and oxygen atoms in total. The Balaban J connectivity index is 2.20. The highest BCUT2D eigenvalue weighted by atomic mass is 16.7. The molecule has 0 radical (unpaired) electrons. The summed E-state index contributed by atoms with van der Waals surface area (Å²) in [5.41, 5.74) is 0.998. The number of hydrogen-bond donors (Lipinski definition) is 2. The minimum atomic E-state index is -0.829. The standard InChI is InChI=1S/C33H55N5O6/c1-19(2)26(34-9)31(40)37(11)28(21(5)6)33(42)38(12)29(22(7)8)32(41)36(10)27(20(3)4)30(39)35-16-15-23-13-14-24-25(17-23)44-18-43-24/h13-14,17,19-22,26-29,34H,15-16,18H2,1-12H3,(H,35,39)/t26-,27-,28-,29-/m0/s1. The first-order valence-electron chi connectivity index (χ1n) is 15.7. The van der Waals surface area contributed by atoms with Crippen molar-refractivity contribution >= 4 is 23.6 Å². The van der Waals surface area contributed by atoms with E-state index >= 15 is 0 Å². The molecule has 11 heteroatoms. The molecule has 0 spiro atoms. The second-order valence-electron chi connectivity index (χ2n) is 13.2. The maximum atomic E-state index is 14.1. The lowest BCUT2D eigenvalue weighted by Gasteiger charge is -2.41. The molecule has 4 atom stereocenters. The van der Waals surface area contributed by atoms with Crippen LogP contribution in [0.15, 0.2) is 18.2 Å². The molecule has 0 bridgehead atoms. The number of carbonyl (C=O) groups excluding carboxylic acids is 4. The van der Waals surface area contributed by atoms with E-state index in [2.05, 4.69) is 10.6 Å². The predicted molar refractivity (Wildman–Crippen MR) is 171 cm³/mol. The van der Waals surface area contributed by atoms with Gasteiger partial charge >= 0.3 is 0 Å². The lowest BCUT2D eigenvalue weighted by Crippen LogP contribution is -2.61. The van der Waals surface area contributed by atoms with E-state index in [9.17, 15) is 19.2 Å². The van der Waals surface area contributed by atoms with E-state index in [-0.39, 0.29) is 54.1 Å². The minimum Gasteiger partial charge on any atom is -0.454 e. The zero-order valence-corrected chi connectivity index (χ0v) is 28.8. The van der Waals surface area contributed by atoms with Gasteiger partial charge < -0.3 is 34.8 Å². The molecule has 1 aliphatic heterocycles. The Kier molecular flexibility index (Phi) is 13.5. The van der Waals surface area contributed by atoms with Gasteiger partial charge in [-0.2, -0.15) is 0 Å². The molecule has 1 aromatic carbocycles. The highest BCUT2D eigenvalue weighted by Crippen LogP contribution is 2.32. The highest BCUT2D eigenvalue weighted by molar-refractivity contribution is 5.95. The Morgan fingerprint density at radius 3 is 1.66 bits per heavy atom. The molecule has 0 aromatic heterocycles. The molecule has 0 aliphatic carbocycles. The monoisotopic (exact) mass is 617 g/mol. The van der Waals surface area contributed by atoms with Crippen molar-refractivity contribution < 1.29 is 28.7 Å². The van der Waals surface area contributed by atoms with Gasteiger partial charge in [0, 0.05) is 27.7 Å². The van der Waals surface area contributed by atoms with Gasteiger partial charge in [0.1, 0.15) is 18.1 Å². The quantitative estimate of drug-likeness (QED) is 0.311. The second-order valence-corrected chi connectivity index (χ2v) is 13.2. The zero-order chi connectivity index (χ0) is 33.5. The number of hydrogen-bond acceptors (Lipinski definition) is 7. The number of rotatable bonds is 15. The van der Waals surface area contributed by atoms with Gasteiger partial charge in [-0.1, -0.05) is 61.5 Å². The molecule has 1 aromatic rings. The summed E-state index contributed by atoms with van der Waals surface area (Å²) in [6, 6.07) is 2.92. The van der Waals surface area contributed by atoms with Crippen molar-refractivity contribution in [2.45, 2.75) is 86.0 Å². The highest BCUT2D eigenvalue weighted by Gasteiger charge is 2.42. The van der Waals surface area contributed by atoms with Gasteiger partial charge in [-0.25, -0.2) is 0 Å². The smallest absolute Gasteiger partial charge is 0.246 e. The summed E-state index contributed by atoms with van der Waals surface area (Å²) in [5.74, 6) is -0.258. The summed E-state index contributed by atoms with van der Waals surface area (Å²) in [5, 5.41) is 6.05. The SMILES string of the molecule is CN[C@H](C(=O)N(C)[C@H](C(=O)N(C)[C@H](C(=O)N(C)[C@H](C(=O)NCCc1ccc2c(c1)OCO2)C(C)C)C(C)C)C(C)C)C(C)C. The number of benzene rings is 1. The van der Waals surface area contributed by atoms with Crippen LogP contribution in [0.3, 0.4) is 0 Å².